The highest BCUT2D eigenvalue weighted by Gasteiger charge is 2.00. The zero-order valence-corrected chi connectivity index (χ0v) is 6.13. The van der Waals surface area contributed by atoms with Gasteiger partial charge in [-0.05, 0) is 11.6 Å². The quantitative estimate of drug-likeness (QED) is 0.585. The highest BCUT2D eigenvalue weighted by molar-refractivity contribution is 6.28. The second-order valence-corrected chi connectivity index (χ2v) is 2.44. The third-order valence-electron chi connectivity index (χ3n) is 1.33. The van der Waals surface area contributed by atoms with E-state index in [1.54, 1.807) is 6.20 Å². The number of H-pyrrole nitrogens is 1. The van der Waals surface area contributed by atoms with Gasteiger partial charge in [0.2, 0.25) is 5.28 Å². The summed E-state index contributed by atoms with van der Waals surface area (Å²) in [6, 6.07) is 1.53. The molecule has 0 fully saturated rings. The van der Waals surface area contributed by atoms with E-state index >= 15 is 0 Å². The third-order valence-corrected chi connectivity index (χ3v) is 1.51. The Bertz CT molecular complexity index is 398. The van der Waals surface area contributed by atoms with Crippen LogP contribution in [0.25, 0.3) is 11.0 Å². The summed E-state index contributed by atoms with van der Waals surface area (Å²) >= 11 is 5.50. The van der Waals surface area contributed by atoms with E-state index in [0.717, 1.165) is 5.39 Å². The Hall–Kier alpha value is -1.29. The number of aromatic amines is 1. The number of hydrogen-bond acceptors (Lipinski definition) is 3. The average Bonchev–Trinajstić information content (AvgIpc) is 2.27. The minimum Gasteiger partial charge on any atom is -0.495 e. The Kier molecular flexibility index (Phi) is 1.22. The molecule has 0 amide bonds. The first-order valence-electron chi connectivity index (χ1n) is 2.96. The molecule has 2 rings (SSSR count). The minimum absolute atomic E-state index is 0.0663. The number of aromatic nitrogens is 3. The van der Waals surface area contributed by atoms with E-state index in [2.05, 4.69) is 15.0 Å². The fourth-order valence-corrected chi connectivity index (χ4v) is 1.01. The summed E-state index contributed by atoms with van der Waals surface area (Å²) in [5.74, 6) is 0.0663. The van der Waals surface area contributed by atoms with Crippen LogP contribution in [0.5, 0.6) is 5.88 Å². The summed E-state index contributed by atoms with van der Waals surface area (Å²) < 4.78 is 0. The molecule has 0 atom stereocenters. The van der Waals surface area contributed by atoms with Gasteiger partial charge < -0.3 is 10.1 Å². The molecule has 4 nitrogen and oxygen atoms in total. The molecule has 0 bridgehead atoms. The maximum absolute atomic E-state index is 8.98. The molecule has 2 N–H and O–H groups in total. The lowest BCUT2D eigenvalue weighted by Gasteiger charge is -1.86. The smallest absolute Gasteiger partial charge is 0.224 e. The van der Waals surface area contributed by atoms with Crippen molar-refractivity contribution in [1.29, 1.82) is 0 Å². The molecule has 11 heavy (non-hydrogen) atoms. The number of aromatic hydroxyl groups is 1. The van der Waals surface area contributed by atoms with Crippen molar-refractivity contribution in [2.45, 2.75) is 0 Å². The van der Waals surface area contributed by atoms with E-state index < -0.39 is 0 Å². The predicted octanol–water partition coefficient (Wildman–Crippen LogP) is 1.32. The summed E-state index contributed by atoms with van der Waals surface area (Å²) in [6.07, 6.45) is 1.54. The molecule has 2 aromatic heterocycles. The first kappa shape index (κ1) is 6.42. The van der Waals surface area contributed by atoms with Crippen LogP contribution in [0, 0.1) is 0 Å². The van der Waals surface area contributed by atoms with Crippen LogP contribution in [0.15, 0.2) is 12.3 Å². The molecule has 0 unspecified atom stereocenters. The van der Waals surface area contributed by atoms with Gasteiger partial charge >= 0.3 is 0 Å². The lowest BCUT2D eigenvalue weighted by Crippen LogP contribution is -1.80. The molecule has 56 valence electrons. The Labute approximate surface area is 66.9 Å². The number of nitrogens with zero attached hydrogens (tertiary/aromatic N) is 2. The van der Waals surface area contributed by atoms with Crippen LogP contribution in [0.2, 0.25) is 5.28 Å². The van der Waals surface area contributed by atoms with E-state index in [9.17, 15) is 0 Å². The molecule has 0 aromatic carbocycles. The standard InChI is InChI=1S/C6H4ClN3O/c7-6-8-2-3-1-4(11)9-5(3)10-6/h1-2,11H,(H,8,9,10). The zero-order chi connectivity index (χ0) is 7.84. The minimum atomic E-state index is 0.0663. The lowest BCUT2D eigenvalue weighted by molar-refractivity contribution is 0.458. The van der Waals surface area contributed by atoms with Crippen molar-refractivity contribution in [3.05, 3.63) is 17.5 Å². The van der Waals surface area contributed by atoms with Crippen LogP contribution in [0.1, 0.15) is 0 Å². The van der Waals surface area contributed by atoms with Crippen LogP contribution in [0.4, 0.5) is 0 Å². The van der Waals surface area contributed by atoms with Gasteiger partial charge in [-0.2, -0.15) is 4.98 Å². The Morgan fingerprint density at radius 1 is 1.55 bits per heavy atom. The molecule has 0 radical (unpaired) electrons. The van der Waals surface area contributed by atoms with Gasteiger partial charge in [-0.3, -0.25) is 0 Å². The summed E-state index contributed by atoms with van der Waals surface area (Å²) in [5.41, 5.74) is 0.544. The third kappa shape index (κ3) is 1.01. The largest absolute Gasteiger partial charge is 0.495 e. The summed E-state index contributed by atoms with van der Waals surface area (Å²) in [4.78, 5) is 10.2. The van der Waals surface area contributed by atoms with E-state index in [1.807, 2.05) is 0 Å². The zero-order valence-electron chi connectivity index (χ0n) is 5.37. The van der Waals surface area contributed by atoms with Gasteiger partial charge in [0.25, 0.3) is 0 Å². The Morgan fingerprint density at radius 3 is 3.18 bits per heavy atom. The summed E-state index contributed by atoms with van der Waals surface area (Å²) in [7, 11) is 0. The van der Waals surface area contributed by atoms with Gasteiger partial charge in [-0.15, -0.1) is 0 Å². The number of fused-ring (bicyclic) bond motifs is 1. The van der Waals surface area contributed by atoms with Crippen LogP contribution < -0.4 is 0 Å². The molecule has 0 saturated carbocycles. The molecule has 0 aliphatic heterocycles. The van der Waals surface area contributed by atoms with E-state index in [0.29, 0.717) is 5.65 Å². The van der Waals surface area contributed by atoms with Crippen LogP contribution >= 0.6 is 11.6 Å². The summed E-state index contributed by atoms with van der Waals surface area (Å²) in [6.45, 7) is 0. The highest BCUT2D eigenvalue weighted by Crippen LogP contribution is 2.17. The first-order valence-corrected chi connectivity index (χ1v) is 3.34. The highest BCUT2D eigenvalue weighted by atomic mass is 35.5. The van der Waals surface area contributed by atoms with Crippen molar-refractivity contribution in [2.75, 3.05) is 0 Å². The van der Waals surface area contributed by atoms with Gasteiger partial charge in [0.05, 0.1) is 0 Å². The van der Waals surface area contributed by atoms with Gasteiger partial charge in [0.1, 0.15) is 5.65 Å². The van der Waals surface area contributed by atoms with Gasteiger partial charge in [-0.25, -0.2) is 4.98 Å². The fourth-order valence-electron chi connectivity index (χ4n) is 0.880. The lowest BCUT2D eigenvalue weighted by atomic mass is 10.4. The number of hydrogen-bond donors (Lipinski definition) is 2. The van der Waals surface area contributed by atoms with Crippen molar-refractivity contribution in [1.82, 2.24) is 15.0 Å². The van der Waals surface area contributed by atoms with Crippen molar-refractivity contribution in [3.63, 3.8) is 0 Å². The van der Waals surface area contributed by atoms with Crippen LogP contribution in [0.3, 0.4) is 0 Å². The topological polar surface area (TPSA) is 61.8 Å². The molecule has 2 aromatic rings. The summed E-state index contributed by atoms with van der Waals surface area (Å²) in [5, 5.41) is 9.89. The van der Waals surface area contributed by atoms with E-state index in [1.165, 1.54) is 6.07 Å². The van der Waals surface area contributed by atoms with Gasteiger partial charge in [0, 0.05) is 17.6 Å². The molecule has 0 aliphatic carbocycles. The molecule has 0 aliphatic rings. The molecule has 0 spiro atoms. The molecular formula is C6H4ClN3O. The Morgan fingerprint density at radius 2 is 2.36 bits per heavy atom. The fraction of sp³-hybridized carbons (Fsp3) is 0. The molecule has 2 heterocycles. The normalized spacial score (nSPS) is 10.6. The Balaban J connectivity index is 2.82. The number of rotatable bonds is 0. The predicted molar refractivity (Wildman–Crippen MR) is 40.6 cm³/mol. The maximum Gasteiger partial charge on any atom is 0.224 e. The van der Waals surface area contributed by atoms with Gasteiger partial charge in [-0.1, -0.05) is 0 Å². The van der Waals surface area contributed by atoms with Crippen LogP contribution in [-0.2, 0) is 0 Å². The van der Waals surface area contributed by atoms with E-state index in [4.69, 9.17) is 16.7 Å². The number of nitrogens with one attached hydrogen (secondary N) is 1. The average molecular weight is 170 g/mol. The SMILES string of the molecule is Oc1cc2cnc(Cl)nc2[nH]1. The first-order chi connectivity index (χ1) is 5.25. The van der Waals surface area contributed by atoms with Crippen molar-refractivity contribution < 1.29 is 5.11 Å². The van der Waals surface area contributed by atoms with E-state index in [-0.39, 0.29) is 11.2 Å². The molecule has 0 saturated heterocycles. The van der Waals surface area contributed by atoms with Crippen molar-refractivity contribution >= 4 is 22.6 Å². The van der Waals surface area contributed by atoms with Crippen molar-refractivity contribution in [2.24, 2.45) is 0 Å². The second kappa shape index (κ2) is 2.10. The van der Waals surface area contributed by atoms with Gasteiger partial charge in [0.15, 0.2) is 5.88 Å². The van der Waals surface area contributed by atoms with Crippen LogP contribution in [-0.4, -0.2) is 20.1 Å². The monoisotopic (exact) mass is 169 g/mol. The van der Waals surface area contributed by atoms with Crippen molar-refractivity contribution in [3.8, 4) is 5.88 Å². The molecule has 5 heteroatoms. The second-order valence-electron chi connectivity index (χ2n) is 2.10. The molecular weight excluding hydrogens is 166 g/mol. The number of halogens is 1. The maximum atomic E-state index is 8.98.